The maximum atomic E-state index is 14.2. The van der Waals surface area contributed by atoms with Crippen molar-refractivity contribution in [2.24, 2.45) is 5.73 Å². The number of nitrogens with two attached hydrogens (primary N) is 1. The Morgan fingerprint density at radius 3 is 2.81 bits per heavy atom. The Balaban J connectivity index is 2.17. The molecule has 0 spiro atoms. The smallest absolute Gasteiger partial charge is 0.243 e. The van der Waals surface area contributed by atoms with Crippen LogP contribution in [0.15, 0.2) is 21.5 Å². The van der Waals surface area contributed by atoms with Gasteiger partial charge in [-0.15, -0.1) is 0 Å². The van der Waals surface area contributed by atoms with Crippen LogP contribution in [0.25, 0.3) is 0 Å². The zero-order valence-electron chi connectivity index (χ0n) is 11.4. The molecule has 1 saturated heterocycles. The van der Waals surface area contributed by atoms with Crippen molar-refractivity contribution in [2.45, 2.75) is 36.0 Å². The summed E-state index contributed by atoms with van der Waals surface area (Å²) in [6.45, 7) is 0.281. The molecule has 1 atom stereocenters. The number of nitrogens with one attached hydrogen (secondary N) is 1. The van der Waals surface area contributed by atoms with E-state index in [1.165, 1.54) is 18.6 Å². The van der Waals surface area contributed by atoms with E-state index < -0.39 is 15.8 Å². The Morgan fingerprint density at radius 2 is 2.19 bits per heavy atom. The van der Waals surface area contributed by atoms with Crippen molar-refractivity contribution < 1.29 is 12.8 Å². The fourth-order valence-corrected chi connectivity index (χ4v) is 5.44. The lowest BCUT2D eigenvalue weighted by Crippen LogP contribution is -2.32. The summed E-state index contributed by atoms with van der Waals surface area (Å²) in [5.41, 5.74) is 5.62. The van der Waals surface area contributed by atoms with Crippen molar-refractivity contribution in [3.63, 3.8) is 0 Å². The number of sulfonamides is 1. The molecule has 118 valence electrons. The zero-order chi connectivity index (χ0) is 15.5. The van der Waals surface area contributed by atoms with Gasteiger partial charge in [0.05, 0.1) is 0 Å². The van der Waals surface area contributed by atoms with Crippen molar-refractivity contribution in [2.75, 3.05) is 12.3 Å². The van der Waals surface area contributed by atoms with Crippen LogP contribution in [0.5, 0.6) is 0 Å². The first-order valence-corrected chi connectivity index (χ1v) is 10.1. The van der Waals surface area contributed by atoms with E-state index in [1.807, 2.05) is 0 Å². The van der Waals surface area contributed by atoms with Crippen molar-refractivity contribution in [3.8, 4) is 0 Å². The molecule has 1 aliphatic rings. The van der Waals surface area contributed by atoms with Gasteiger partial charge in [-0.3, -0.25) is 0 Å². The molecule has 0 amide bonds. The van der Waals surface area contributed by atoms with E-state index in [9.17, 15) is 12.8 Å². The molecule has 21 heavy (non-hydrogen) atoms. The highest BCUT2D eigenvalue weighted by Gasteiger charge is 2.24. The summed E-state index contributed by atoms with van der Waals surface area (Å²) in [5, 5.41) is 0.262. The number of thioether (sulfide) groups is 1. The van der Waals surface area contributed by atoms with Crippen LogP contribution in [0.1, 0.15) is 24.8 Å². The minimum atomic E-state index is -3.87. The molecule has 0 saturated carbocycles. The van der Waals surface area contributed by atoms with Gasteiger partial charge in [-0.25, -0.2) is 17.5 Å². The summed E-state index contributed by atoms with van der Waals surface area (Å²) in [6.07, 6.45) is 3.28. The first-order valence-electron chi connectivity index (χ1n) is 6.73. The van der Waals surface area contributed by atoms with Crippen LogP contribution in [0.2, 0.25) is 0 Å². The molecule has 1 aliphatic heterocycles. The molecule has 1 heterocycles. The Labute approximate surface area is 137 Å². The molecular formula is C13H18BrFN2O2S2. The highest BCUT2D eigenvalue weighted by molar-refractivity contribution is 9.10. The fraction of sp³-hybridized carbons (Fsp3) is 0.538. The van der Waals surface area contributed by atoms with Crippen molar-refractivity contribution in [1.29, 1.82) is 0 Å². The highest BCUT2D eigenvalue weighted by Crippen LogP contribution is 2.26. The van der Waals surface area contributed by atoms with E-state index in [0.717, 1.165) is 18.6 Å². The second-order valence-corrected chi connectivity index (χ2v) is 8.98. The fourth-order valence-electron chi connectivity index (χ4n) is 2.21. The Hall–Kier alpha value is -0.150. The number of benzene rings is 1. The first kappa shape index (κ1) is 17.2. The van der Waals surface area contributed by atoms with E-state index in [-0.39, 0.29) is 22.3 Å². The molecule has 1 aromatic carbocycles. The third-order valence-corrected chi connectivity index (χ3v) is 6.64. The predicted octanol–water partition coefficient (Wildman–Crippen LogP) is 2.61. The van der Waals surface area contributed by atoms with Crippen LogP contribution < -0.4 is 10.5 Å². The summed E-state index contributed by atoms with van der Waals surface area (Å²) in [7, 11) is -3.87. The maximum absolute atomic E-state index is 14.2. The predicted molar refractivity (Wildman–Crippen MR) is 87.3 cm³/mol. The van der Waals surface area contributed by atoms with Crippen molar-refractivity contribution in [3.05, 3.63) is 28.0 Å². The molecular weight excluding hydrogens is 379 g/mol. The number of hydrogen-bond acceptors (Lipinski definition) is 4. The third-order valence-electron chi connectivity index (χ3n) is 3.36. The van der Waals surface area contributed by atoms with Gasteiger partial charge in [-0.2, -0.15) is 11.8 Å². The van der Waals surface area contributed by atoms with E-state index in [2.05, 4.69) is 20.7 Å². The van der Waals surface area contributed by atoms with Gasteiger partial charge in [0.1, 0.15) is 10.7 Å². The summed E-state index contributed by atoms with van der Waals surface area (Å²) in [5.74, 6) is 0.277. The monoisotopic (exact) mass is 396 g/mol. The van der Waals surface area contributed by atoms with Gasteiger partial charge in [-0.1, -0.05) is 22.4 Å². The normalized spacial score (nSPS) is 19.7. The summed E-state index contributed by atoms with van der Waals surface area (Å²) >= 11 is 4.95. The van der Waals surface area contributed by atoms with Crippen LogP contribution in [0.3, 0.4) is 0 Å². The molecule has 4 nitrogen and oxygen atoms in total. The average Bonchev–Trinajstić information content (AvgIpc) is 2.48. The standard InChI is InChI=1S/C13H18BrFN2O2S2/c14-10-5-9(7-16)13(15)12(6-10)21(18,19)17-8-11-3-1-2-4-20-11/h5-6,11,17H,1-4,7-8,16H2. The minimum Gasteiger partial charge on any atom is -0.326 e. The van der Waals surface area contributed by atoms with Gasteiger partial charge >= 0.3 is 0 Å². The molecule has 1 aromatic rings. The molecule has 3 N–H and O–H groups in total. The van der Waals surface area contributed by atoms with Crippen LogP contribution in [0, 0.1) is 5.82 Å². The second kappa shape index (κ2) is 7.41. The third kappa shape index (κ3) is 4.41. The molecule has 0 bridgehead atoms. The van der Waals surface area contributed by atoms with Crippen molar-refractivity contribution in [1.82, 2.24) is 4.72 Å². The minimum absolute atomic E-state index is 0.0493. The van der Waals surface area contributed by atoms with E-state index in [1.54, 1.807) is 11.8 Å². The Morgan fingerprint density at radius 1 is 1.43 bits per heavy atom. The van der Waals surface area contributed by atoms with E-state index in [0.29, 0.717) is 11.0 Å². The van der Waals surface area contributed by atoms with Gasteiger partial charge in [0, 0.05) is 28.4 Å². The Bertz CT molecular complexity index is 604. The summed E-state index contributed by atoms with van der Waals surface area (Å²) in [6, 6.07) is 2.76. The van der Waals surface area contributed by atoms with Crippen LogP contribution >= 0.6 is 27.7 Å². The SMILES string of the molecule is NCc1cc(Br)cc(S(=O)(=O)NCC2CCCCS2)c1F. The van der Waals surface area contributed by atoms with Crippen LogP contribution in [-0.4, -0.2) is 26.0 Å². The second-order valence-electron chi connectivity index (χ2n) is 4.92. The van der Waals surface area contributed by atoms with E-state index in [4.69, 9.17) is 5.73 Å². The van der Waals surface area contributed by atoms with Gasteiger partial charge < -0.3 is 5.73 Å². The molecule has 1 unspecified atom stereocenters. The van der Waals surface area contributed by atoms with Gasteiger partial charge in [0.15, 0.2) is 0 Å². The molecule has 0 radical (unpaired) electrons. The maximum Gasteiger partial charge on any atom is 0.243 e. The quantitative estimate of drug-likeness (QED) is 0.801. The van der Waals surface area contributed by atoms with Crippen molar-refractivity contribution >= 4 is 37.7 Å². The Kier molecular flexibility index (Phi) is 6.07. The lowest BCUT2D eigenvalue weighted by molar-refractivity contribution is 0.546. The largest absolute Gasteiger partial charge is 0.326 e. The molecule has 1 fully saturated rings. The molecule has 0 aliphatic carbocycles. The van der Waals surface area contributed by atoms with Crippen LogP contribution in [0.4, 0.5) is 4.39 Å². The lowest BCUT2D eigenvalue weighted by Gasteiger charge is -2.21. The van der Waals surface area contributed by atoms with E-state index >= 15 is 0 Å². The van der Waals surface area contributed by atoms with Gasteiger partial charge in [-0.05, 0) is 30.7 Å². The van der Waals surface area contributed by atoms with Gasteiger partial charge in [0.25, 0.3) is 0 Å². The summed E-state index contributed by atoms with van der Waals surface area (Å²) in [4.78, 5) is -0.349. The first-order chi connectivity index (χ1) is 9.94. The number of hydrogen-bond donors (Lipinski definition) is 2. The number of rotatable bonds is 5. The summed E-state index contributed by atoms with van der Waals surface area (Å²) < 4.78 is 41.8. The average molecular weight is 397 g/mol. The lowest BCUT2D eigenvalue weighted by atomic mass is 10.2. The highest BCUT2D eigenvalue weighted by atomic mass is 79.9. The van der Waals surface area contributed by atoms with Gasteiger partial charge in [0.2, 0.25) is 10.0 Å². The molecule has 8 heteroatoms. The number of halogens is 2. The van der Waals surface area contributed by atoms with Crippen LogP contribution in [-0.2, 0) is 16.6 Å². The molecule has 0 aromatic heterocycles. The topological polar surface area (TPSA) is 72.2 Å². The molecule has 2 rings (SSSR count). The zero-order valence-corrected chi connectivity index (χ0v) is 14.7.